The molecule has 18 heavy (non-hydrogen) atoms. The van der Waals surface area contributed by atoms with Crippen molar-refractivity contribution in [2.75, 3.05) is 18.0 Å². The number of anilines is 1. The highest BCUT2D eigenvalue weighted by Gasteiger charge is 2.21. The van der Waals surface area contributed by atoms with Crippen LogP contribution in [0, 0.1) is 0 Å². The highest BCUT2D eigenvalue weighted by Crippen LogP contribution is 2.25. The first-order chi connectivity index (χ1) is 8.70. The Morgan fingerprint density at radius 1 is 1.28 bits per heavy atom. The van der Waals surface area contributed by atoms with Crippen molar-refractivity contribution in [2.45, 2.75) is 45.4 Å². The first kappa shape index (κ1) is 13.4. The average molecular weight is 248 g/mol. The Morgan fingerprint density at radius 3 is 2.56 bits per heavy atom. The van der Waals surface area contributed by atoms with Crippen molar-refractivity contribution in [3.63, 3.8) is 0 Å². The molecule has 0 bridgehead atoms. The van der Waals surface area contributed by atoms with E-state index < -0.39 is 0 Å². The molecule has 1 aromatic rings. The maximum absolute atomic E-state index is 5.88. The molecule has 0 spiro atoms. The molecule has 0 saturated carbocycles. The fourth-order valence-electron chi connectivity index (χ4n) is 2.61. The second-order valence-corrected chi connectivity index (χ2v) is 5.20. The van der Waals surface area contributed by atoms with Gasteiger partial charge in [0.2, 0.25) is 0 Å². The van der Waals surface area contributed by atoms with Gasteiger partial charge in [-0.05, 0) is 38.3 Å². The van der Waals surface area contributed by atoms with Crippen LogP contribution in [-0.4, -0.2) is 25.3 Å². The van der Waals surface area contributed by atoms with Gasteiger partial charge in [0.05, 0.1) is 12.2 Å². The van der Waals surface area contributed by atoms with Crippen molar-refractivity contribution in [1.82, 2.24) is 0 Å². The van der Waals surface area contributed by atoms with Crippen molar-refractivity contribution in [2.24, 2.45) is 5.73 Å². The molecular weight excluding hydrogens is 224 g/mol. The molecule has 1 aliphatic heterocycles. The van der Waals surface area contributed by atoms with Crippen LogP contribution in [-0.2, 0) is 11.3 Å². The molecule has 0 amide bonds. The van der Waals surface area contributed by atoms with Crippen LogP contribution in [0.15, 0.2) is 24.3 Å². The largest absolute Gasteiger partial charge is 0.375 e. The zero-order valence-corrected chi connectivity index (χ0v) is 11.4. The molecule has 3 heteroatoms. The number of hydrogen-bond acceptors (Lipinski definition) is 3. The van der Waals surface area contributed by atoms with Crippen LogP contribution in [0.25, 0.3) is 0 Å². The lowest BCUT2D eigenvalue weighted by atomic mass is 10.0. The van der Waals surface area contributed by atoms with Gasteiger partial charge in [0.1, 0.15) is 0 Å². The van der Waals surface area contributed by atoms with Gasteiger partial charge in [0.15, 0.2) is 0 Å². The van der Waals surface area contributed by atoms with Gasteiger partial charge in [0.25, 0.3) is 0 Å². The Balaban J connectivity index is 1.97. The maximum atomic E-state index is 5.88. The topological polar surface area (TPSA) is 38.5 Å². The van der Waals surface area contributed by atoms with Crippen LogP contribution in [0.2, 0.25) is 0 Å². The van der Waals surface area contributed by atoms with E-state index in [0.29, 0.717) is 18.8 Å². The summed E-state index contributed by atoms with van der Waals surface area (Å²) in [5.41, 5.74) is 8.33. The molecule has 1 heterocycles. The number of hydrogen-bond donors (Lipinski definition) is 1. The molecule has 1 fully saturated rings. The van der Waals surface area contributed by atoms with E-state index in [0.717, 1.165) is 25.9 Å². The van der Waals surface area contributed by atoms with E-state index in [1.807, 2.05) is 0 Å². The highest BCUT2D eigenvalue weighted by molar-refractivity contribution is 5.53. The van der Waals surface area contributed by atoms with Gasteiger partial charge in [-0.1, -0.05) is 18.2 Å². The van der Waals surface area contributed by atoms with E-state index in [1.165, 1.54) is 11.3 Å². The Morgan fingerprint density at radius 2 is 1.94 bits per heavy atom. The molecule has 3 nitrogen and oxygen atoms in total. The molecule has 0 atom stereocenters. The molecule has 2 N–H and O–H groups in total. The molecule has 1 aliphatic rings. The minimum atomic E-state index is 0.331. The monoisotopic (exact) mass is 248 g/mol. The number of rotatable bonds is 4. The van der Waals surface area contributed by atoms with Gasteiger partial charge in [-0.2, -0.15) is 0 Å². The fraction of sp³-hybridized carbons (Fsp3) is 0.600. The summed E-state index contributed by atoms with van der Waals surface area (Å²) in [6.07, 6.45) is 2.97. The second kappa shape index (κ2) is 6.21. The van der Waals surface area contributed by atoms with E-state index in [2.05, 4.69) is 43.0 Å². The standard InChI is InChI=1S/C15H24N2O/c1-12(2)18-14-7-9-17(10-8-14)15-6-4-3-5-13(15)11-16/h3-6,12,14H,7-11,16H2,1-2H3. The third-order valence-electron chi connectivity index (χ3n) is 3.46. The first-order valence-electron chi connectivity index (χ1n) is 6.89. The summed E-state index contributed by atoms with van der Waals surface area (Å²) in [5.74, 6) is 0. The Hall–Kier alpha value is -1.06. The summed E-state index contributed by atoms with van der Waals surface area (Å²) in [6, 6.07) is 8.43. The Bertz CT molecular complexity index is 371. The van der Waals surface area contributed by atoms with Crippen molar-refractivity contribution in [3.8, 4) is 0 Å². The van der Waals surface area contributed by atoms with Gasteiger partial charge in [-0.3, -0.25) is 0 Å². The molecule has 0 aliphatic carbocycles. The minimum absolute atomic E-state index is 0.331. The van der Waals surface area contributed by atoms with Crippen LogP contribution in [0.3, 0.4) is 0 Å². The molecule has 1 saturated heterocycles. The molecule has 0 unspecified atom stereocenters. The summed E-state index contributed by atoms with van der Waals surface area (Å²) >= 11 is 0. The van der Waals surface area contributed by atoms with Crippen molar-refractivity contribution >= 4 is 5.69 Å². The highest BCUT2D eigenvalue weighted by atomic mass is 16.5. The number of piperidine rings is 1. The maximum Gasteiger partial charge on any atom is 0.0612 e. The summed E-state index contributed by atoms with van der Waals surface area (Å²) in [4.78, 5) is 2.43. The van der Waals surface area contributed by atoms with Crippen LogP contribution < -0.4 is 10.6 Å². The smallest absolute Gasteiger partial charge is 0.0612 e. The molecular formula is C15H24N2O. The number of benzene rings is 1. The predicted octanol–water partition coefficient (Wildman–Crippen LogP) is 2.54. The van der Waals surface area contributed by atoms with Gasteiger partial charge < -0.3 is 15.4 Å². The van der Waals surface area contributed by atoms with E-state index in [4.69, 9.17) is 10.5 Å². The number of nitrogens with zero attached hydrogens (tertiary/aromatic N) is 1. The summed E-state index contributed by atoms with van der Waals surface area (Å²) in [5, 5.41) is 0. The first-order valence-corrected chi connectivity index (χ1v) is 6.89. The fourth-order valence-corrected chi connectivity index (χ4v) is 2.61. The molecule has 2 rings (SSSR count). The second-order valence-electron chi connectivity index (χ2n) is 5.20. The van der Waals surface area contributed by atoms with E-state index >= 15 is 0 Å². The third-order valence-corrected chi connectivity index (χ3v) is 3.46. The lowest BCUT2D eigenvalue weighted by molar-refractivity contribution is -0.00479. The van der Waals surface area contributed by atoms with E-state index in [9.17, 15) is 0 Å². The number of ether oxygens (including phenoxy) is 1. The van der Waals surface area contributed by atoms with Crippen molar-refractivity contribution in [1.29, 1.82) is 0 Å². The van der Waals surface area contributed by atoms with Crippen molar-refractivity contribution < 1.29 is 4.74 Å². The summed E-state index contributed by atoms with van der Waals surface area (Å²) < 4.78 is 5.88. The number of nitrogens with two attached hydrogens (primary N) is 1. The average Bonchev–Trinajstić information content (AvgIpc) is 2.39. The van der Waals surface area contributed by atoms with Crippen LogP contribution in [0.1, 0.15) is 32.3 Å². The summed E-state index contributed by atoms with van der Waals surface area (Å²) in [7, 11) is 0. The van der Waals surface area contributed by atoms with Gasteiger partial charge in [-0.15, -0.1) is 0 Å². The molecule has 0 aromatic heterocycles. The summed E-state index contributed by atoms with van der Waals surface area (Å²) in [6.45, 7) is 6.95. The van der Waals surface area contributed by atoms with Crippen LogP contribution >= 0.6 is 0 Å². The van der Waals surface area contributed by atoms with E-state index in [1.54, 1.807) is 0 Å². The Labute approximate surface area is 110 Å². The van der Waals surface area contributed by atoms with Crippen LogP contribution in [0.4, 0.5) is 5.69 Å². The van der Waals surface area contributed by atoms with Crippen LogP contribution in [0.5, 0.6) is 0 Å². The Kier molecular flexibility index (Phi) is 4.61. The van der Waals surface area contributed by atoms with E-state index in [-0.39, 0.29) is 0 Å². The predicted molar refractivity (Wildman–Crippen MR) is 75.8 cm³/mol. The zero-order valence-electron chi connectivity index (χ0n) is 11.4. The third kappa shape index (κ3) is 3.24. The minimum Gasteiger partial charge on any atom is -0.375 e. The SMILES string of the molecule is CC(C)OC1CCN(c2ccccc2CN)CC1. The molecule has 100 valence electrons. The quantitative estimate of drug-likeness (QED) is 0.890. The number of para-hydroxylation sites is 1. The zero-order chi connectivity index (χ0) is 13.0. The molecule has 1 aromatic carbocycles. The van der Waals surface area contributed by atoms with Crippen molar-refractivity contribution in [3.05, 3.63) is 29.8 Å². The van der Waals surface area contributed by atoms with Gasteiger partial charge >= 0.3 is 0 Å². The lowest BCUT2D eigenvalue weighted by Crippen LogP contribution is -2.38. The molecule has 0 radical (unpaired) electrons. The van der Waals surface area contributed by atoms with Gasteiger partial charge in [0, 0.05) is 25.3 Å². The van der Waals surface area contributed by atoms with Gasteiger partial charge in [-0.25, -0.2) is 0 Å². The lowest BCUT2D eigenvalue weighted by Gasteiger charge is -2.35. The normalized spacial score (nSPS) is 17.4.